The second-order valence-corrected chi connectivity index (χ2v) is 7.61. The van der Waals surface area contributed by atoms with E-state index in [9.17, 15) is 4.39 Å². The molecule has 2 heterocycles. The number of anilines is 1. The van der Waals surface area contributed by atoms with Crippen LogP contribution >= 0.6 is 23.8 Å². The van der Waals surface area contributed by atoms with E-state index in [0.717, 1.165) is 29.3 Å². The molecular formula is C20H24ClFN6S. The monoisotopic (exact) mass is 434 g/mol. The van der Waals surface area contributed by atoms with Crippen molar-refractivity contribution in [3.05, 3.63) is 63.9 Å². The van der Waals surface area contributed by atoms with Crippen molar-refractivity contribution in [2.75, 3.05) is 5.32 Å². The van der Waals surface area contributed by atoms with Gasteiger partial charge in [0.05, 0.1) is 35.4 Å². The van der Waals surface area contributed by atoms with Gasteiger partial charge in [-0.25, -0.2) is 4.39 Å². The van der Waals surface area contributed by atoms with E-state index in [2.05, 4.69) is 20.8 Å². The molecule has 0 amide bonds. The maximum absolute atomic E-state index is 14.1. The Morgan fingerprint density at radius 1 is 1.28 bits per heavy atom. The van der Waals surface area contributed by atoms with Crippen LogP contribution in [0.2, 0.25) is 5.02 Å². The Kier molecular flexibility index (Phi) is 6.54. The molecule has 2 aromatic heterocycles. The number of halogens is 2. The van der Waals surface area contributed by atoms with Crippen LogP contribution in [0.4, 0.5) is 10.1 Å². The highest BCUT2D eigenvalue weighted by Gasteiger charge is 2.17. The van der Waals surface area contributed by atoms with Gasteiger partial charge in [0.2, 0.25) is 0 Å². The molecule has 0 aliphatic rings. The Labute approximate surface area is 180 Å². The molecule has 0 spiro atoms. The van der Waals surface area contributed by atoms with Gasteiger partial charge in [-0.2, -0.15) is 10.2 Å². The van der Waals surface area contributed by atoms with E-state index >= 15 is 0 Å². The summed E-state index contributed by atoms with van der Waals surface area (Å²) in [4.78, 5) is 0. The van der Waals surface area contributed by atoms with Gasteiger partial charge in [0, 0.05) is 23.3 Å². The smallest absolute Gasteiger partial charge is 0.171 e. The number of benzene rings is 1. The van der Waals surface area contributed by atoms with E-state index in [1.165, 1.54) is 6.07 Å². The number of hydrogen-bond donors (Lipinski definition) is 2. The number of aryl methyl sites for hydroxylation is 2. The van der Waals surface area contributed by atoms with Gasteiger partial charge < -0.3 is 10.6 Å². The van der Waals surface area contributed by atoms with Crippen molar-refractivity contribution in [2.24, 2.45) is 0 Å². The second kappa shape index (κ2) is 8.92. The molecule has 0 saturated carbocycles. The Hall–Kier alpha value is -2.45. The standard InChI is InChI=1S/C20H24ClFN6S/c1-5-27-18(9-10-23-27)12(2)24-20(29)25-19-13(3)26-28(14(19)4)11-15-16(21)7-6-8-17(15)22/h6-10,12H,5,11H2,1-4H3,(H2,24,25,29). The zero-order valence-corrected chi connectivity index (χ0v) is 18.4. The summed E-state index contributed by atoms with van der Waals surface area (Å²) < 4.78 is 17.8. The molecule has 0 radical (unpaired) electrons. The average Bonchev–Trinajstić information content (AvgIpc) is 3.25. The van der Waals surface area contributed by atoms with Gasteiger partial charge in [0.1, 0.15) is 5.82 Å². The van der Waals surface area contributed by atoms with Crippen molar-refractivity contribution in [3.63, 3.8) is 0 Å². The molecule has 0 saturated heterocycles. The first-order chi connectivity index (χ1) is 13.8. The third-order valence-corrected chi connectivity index (χ3v) is 5.40. The van der Waals surface area contributed by atoms with Gasteiger partial charge in [-0.1, -0.05) is 17.7 Å². The van der Waals surface area contributed by atoms with Gasteiger partial charge in [-0.15, -0.1) is 0 Å². The summed E-state index contributed by atoms with van der Waals surface area (Å²) in [5.74, 6) is -0.349. The molecule has 0 aliphatic carbocycles. The summed E-state index contributed by atoms with van der Waals surface area (Å²) in [5.41, 5.74) is 3.87. The lowest BCUT2D eigenvalue weighted by atomic mass is 10.2. The molecule has 1 atom stereocenters. The first-order valence-corrected chi connectivity index (χ1v) is 10.2. The number of thiocarbonyl (C=S) groups is 1. The van der Waals surface area contributed by atoms with E-state index in [4.69, 9.17) is 23.8 Å². The lowest BCUT2D eigenvalue weighted by Gasteiger charge is -2.18. The normalized spacial score (nSPS) is 12.1. The second-order valence-electron chi connectivity index (χ2n) is 6.80. The lowest BCUT2D eigenvalue weighted by Crippen LogP contribution is -2.32. The molecule has 6 nitrogen and oxygen atoms in total. The van der Waals surface area contributed by atoms with Crippen molar-refractivity contribution in [1.82, 2.24) is 24.9 Å². The van der Waals surface area contributed by atoms with E-state index in [0.29, 0.717) is 15.7 Å². The highest BCUT2D eigenvalue weighted by Crippen LogP contribution is 2.24. The molecular weight excluding hydrogens is 411 g/mol. The van der Waals surface area contributed by atoms with Crippen molar-refractivity contribution < 1.29 is 4.39 Å². The van der Waals surface area contributed by atoms with Crippen LogP contribution in [0.3, 0.4) is 0 Å². The molecule has 9 heteroatoms. The first kappa shape index (κ1) is 21.3. The van der Waals surface area contributed by atoms with Crippen molar-refractivity contribution >= 4 is 34.6 Å². The summed E-state index contributed by atoms with van der Waals surface area (Å²) in [5, 5.41) is 16.2. The average molecular weight is 435 g/mol. The third kappa shape index (κ3) is 4.59. The molecule has 0 aliphatic heterocycles. The molecule has 3 rings (SSSR count). The van der Waals surface area contributed by atoms with E-state index in [1.807, 2.05) is 38.4 Å². The van der Waals surface area contributed by atoms with Gasteiger partial charge in [-0.05, 0) is 58.1 Å². The maximum Gasteiger partial charge on any atom is 0.171 e. The number of nitrogens with one attached hydrogen (secondary N) is 2. The molecule has 2 N–H and O–H groups in total. The fourth-order valence-corrected chi connectivity index (χ4v) is 3.76. The minimum atomic E-state index is -0.349. The van der Waals surface area contributed by atoms with Crippen molar-refractivity contribution in [1.29, 1.82) is 0 Å². The maximum atomic E-state index is 14.1. The van der Waals surface area contributed by atoms with E-state index in [-0.39, 0.29) is 18.4 Å². The summed E-state index contributed by atoms with van der Waals surface area (Å²) in [7, 11) is 0. The lowest BCUT2D eigenvalue weighted by molar-refractivity contribution is 0.568. The molecule has 1 aromatic carbocycles. The van der Waals surface area contributed by atoms with Crippen molar-refractivity contribution in [2.45, 2.75) is 46.8 Å². The first-order valence-electron chi connectivity index (χ1n) is 9.37. The van der Waals surface area contributed by atoms with Gasteiger partial charge in [0.25, 0.3) is 0 Å². The molecule has 29 heavy (non-hydrogen) atoms. The Bertz CT molecular complexity index is 1010. The van der Waals surface area contributed by atoms with Crippen LogP contribution in [-0.2, 0) is 13.1 Å². The van der Waals surface area contributed by atoms with Gasteiger partial charge in [-0.3, -0.25) is 9.36 Å². The van der Waals surface area contributed by atoms with Crippen molar-refractivity contribution in [3.8, 4) is 0 Å². The molecule has 1 unspecified atom stereocenters. The van der Waals surface area contributed by atoms with Crippen LogP contribution in [0.1, 0.15) is 42.5 Å². The molecule has 154 valence electrons. The minimum Gasteiger partial charge on any atom is -0.354 e. The fourth-order valence-electron chi connectivity index (χ4n) is 3.26. The molecule has 0 fully saturated rings. The van der Waals surface area contributed by atoms with Crippen LogP contribution < -0.4 is 10.6 Å². The van der Waals surface area contributed by atoms with Crippen LogP contribution in [0.5, 0.6) is 0 Å². The van der Waals surface area contributed by atoms with E-state index in [1.54, 1.807) is 23.0 Å². The molecule has 0 bridgehead atoms. The number of hydrogen-bond acceptors (Lipinski definition) is 3. The highest BCUT2D eigenvalue weighted by molar-refractivity contribution is 7.80. The van der Waals surface area contributed by atoms with Crippen LogP contribution in [0, 0.1) is 19.7 Å². The minimum absolute atomic E-state index is 0.00896. The van der Waals surface area contributed by atoms with Crippen LogP contribution in [0.15, 0.2) is 30.5 Å². The molecule has 3 aromatic rings. The van der Waals surface area contributed by atoms with E-state index < -0.39 is 0 Å². The third-order valence-electron chi connectivity index (χ3n) is 4.83. The fraction of sp³-hybridized carbons (Fsp3) is 0.350. The Morgan fingerprint density at radius 2 is 2.03 bits per heavy atom. The summed E-state index contributed by atoms with van der Waals surface area (Å²) in [6.07, 6.45) is 1.78. The zero-order valence-electron chi connectivity index (χ0n) is 16.8. The number of rotatable bonds is 6. The largest absolute Gasteiger partial charge is 0.354 e. The summed E-state index contributed by atoms with van der Waals surface area (Å²) in [6, 6.07) is 6.62. The number of aromatic nitrogens is 4. The zero-order chi connectivity index (χ0) is 21.1. The predicted octanol–water partition coefficient (Wildman–Crippen LogP) is 4.60. The van der Waals surface area contributed by atoms with Crippen LogP contribution in [-0.4, -0.2) is 24.7 Å². The predicted molar refractivity (Wildman–Crippen MR) is 118 cm³/mol. The van der Waals surface area contributed by atoms with Gasteiger partial charge in [0.15, 0.2) is 5.11 Å². The van der Waals surface area contributed by atoms with Crippen LogP contribution in [0.25, 0.3) is 0 Å². The topological polar surface area (TPSA) is 59.7 Å². The number of nitrogens with zero attached hydrogens (tertiary/aromatic N) is 4. The quantitative estimate of drug-likeness (QED) is 0.555. The highest BCUT2D eigenvalue weighted by atomic mass is 35.5. The summed E-state index contributed by atoms with van der Waals surface area (Å²) in [6.45, 7) is 8.90. The Morgan fingerprint density at radius 3 is 2.72 bits per heavy atom. The van der Waals surface area contributed by atoms with Gasteiger partial charge >= 0.3 is 0 Å². The summed E-state index contributed by atoms with van der Waals surface area (Å²) >= 11 is 11.7. The Balaban J connectivity index is 1.74. The SMILES string of the molecule is CCn1nccc1C(C)NC(=S)Nc1c(C)nn(Cc2c(F)cccc2Cl)c1C.